The molecule has 0 bridgehead atoms. The first kappa shape index (κ1) is 14.8. The number of alkyl halides is 3. The zero-order chi connectivity index (χ0) is 15.1. The Morgan fingerprint density at radius 1 is 1.30 bits per heavy atom. The van der Waals surface area contributed by atoms with E-state index < -0.39 is 29.2 Å². The van der Waals surface area contributed by atoms with Crippen molar-refractivity contribution in [3.8, 4) is 0 Å². The first-order valence-corrected chi connectivity index (χ1v) is 6.28. The van der Waals surface area contributed by atoms with Gasteiger partial charge in [-0.25, -0.2) is 0 Å². The Morgan fingerprint density at radius 2 is 1.85 bits per heavy atom. The standard InChI is InChI=1S/C14H16F3NO2/c1-13(2)10(7-11(13)19)18-12(20)8-3-5-9(6-4-8)14(15,16)17/h3-6,10-11,19H,7H2,1-2H3,(H,18,20). The zero-order valence-electron chi connectivity index (χ0n) is 11.2. The van der Waals surface area contributed by atoms with E-state index >= 15 is 0 Å². The van der Waals surface area contributed by atoms with Crippen LogP contribution in [0.2, 0.25) is 0 Å². The number of halogens is 3. The molecule has 1 aromatic carbocycles. The average Bonchev–Trinajstić information content (AvgIpc) is 2.37. The van der Waals surface area contributed by atoms with Crippen LogP contribution in [-0.4, -0.2) is 23.2 Å². The fourth-order valence-corrected chi connectivity index (χ4v) is 2.20. The van der Waals surface area contributed by atoms with Crippen molar-refractivity contribution < 1.29 is 23.1 Å². The Kier molecular flexibility index (Phi) is 3.54. The number of rotatable bonds is 2. The molecule has 1 aliphatic carbocycles. The van der Waals surface area contributed by atoms with Crippen molar-refractivity contribution in [1.29, 1.82) is 0 Å². The highest BCUT2D eigenvalue weighted by atomic mass is 19.4. The molecule has 2 unspecified atom stereocenters. The first-order valence-electron chi connectivity index (χ1n) is 6.28. The average molecular weight is 287 g/mol. The van der Waals surface area contributed by atoms with E-state index in [1.165, 1.54) is 0 Å². The Bertz CT molecular complexity index is 508. The van der Waals surface area contributed by atoms with Gasteiger partial charge in [-0.05, 0) is 30.7 Å². The molecule has 2 rings (SSSR count). The maximum absolute atomic E-state index is 12.4. The van der Waals surface area contributed by atoms with E-state index in [1.54, 1.807) is 0 Å². The van der Waals surface area contributed by atoms with Crippen LogP contribution >= 0.6 is 0 Å². The molecule has 0 aliphatic heterocycles. The Balaban J connectivity index is 2.04. The van der Waals surface area contributed by atoms with Gasteiger partial charge in [-0.15, -0.1) is 0 Å². The van der Waals surface area contributed by atoms with Crippen molar-refractivity contribution in [1.82, 2.24) is 5.32 Å². The van der Waals surface area contributed by atoms with Crippen LogP contribution in [0.4, 0.5) is 13.2 Å². The number of benzene rings is 1. The van der Waals surface area contributed by atoms with Crippen LogP contribution in [-0.2, 0) is 6.18 Å². The Hall–Kier alpha value is -1.56. The van der Waals surface area contributed by atoms with Crippen LogP contribution in [0.15, 0.2) is 24.3 Å². The second-order valence-corrected chi connectivity index (χ2v) is 5.67. The van der Waals surface area contributed by atoms with E-state index in [9.17, 15) is 23.1 Å². The van der Waals surface area contributed by atoms with Crippen molar-refractivity contribution in [2.24, 2.45) is 5.41 Å². The van der Waals surface area contributed by atoms with Crippen LogP contribution in [0.1, 0.15) is 36.2 Å². The quantitative estimate of drug-likeness (QED) is 0.878. The third-order valence-corrected chi connectivity index (χ3v) is 4.00. The van der Waals surface area contributed by atoms with E-state index in [2.05, 4.69) is 5.32 Å². The minimum absolute atomic E-state index is 0.174. The summed E-state index contributed by atoms with van der Waals surface area (Å²) in [7, 11) is 0. The lowest BCUT2D eigenvalue weighted by atomic mass is 9.64. The summed E-state index contributed by atoms with van der Waals surface area (Å²) >= 11 is 0. The molecule has 1 amide bonds. The lowest BCUT2D eigenvalue weighted by Gasteiger charge is -2.49. The second-order valence-electron chi connectivity index (χ2n) is 5.67. The van der Waals surface area contributed by atoms with E-state index in [-0.39, 0.29) is 11.6 Å². The van der Waals surface area contributed by atoms with E-state index in [1.807, 2.05) is 13.8 Å². The fourth-order valence-electron chi connectivity index (χ4n) is 2.20. The van der Waals surface area contributed by atoms with Gasteiger partial charge in [0, 0.05) is 17.0 Å². The summed E-state index contributed by atoms with van der Waals surface area (Å²) in [5.74, 6) is -0.427. The molecule has 1 saturated carbocycles. The van der Waals surface area contributed by atoms with Crippen LogP contribution in [0, 0.1) is 5.41 Å². The summed E-state index contributed by atoms with van der Waals surface area (Å²) in [4.78, 5) is 11.9. The molecule has 20 heavy (non-hydrogen) atoms. The molecule has 0 saturated heterocycles. The second kappa shape index (κ2) is 4.77. The van der Waals surface area contributed by atoms with Gasteiger partial charge in [0.25, 0.3) is 5.91 Å². The predicted octanol–water partition coefficient (Wildman–Crippen LogP) is 2.59. The molecule has 110 valence electrons. The van der Waals surface area contributed by atoms with Crippen LogP contribution < -0.4 is 5.32 Å². The third kappa shape index (κ3) is 2.65. The molecule has 1 fully saturated rings. The fraction of sp³-hybridized carbons (Fsp3) is 0.500. The van der Waals surface area contributed by atoms with Crippen molar-refractivity contribution in [2.45, 2.75) is 38.6 Å². The molecule has 0 aromatic heterocycles. The number of hydrogen-bond acceptors (Lipinski definition) is 2. The molecule has 6 heteroatoms. The van der Waals surface area contributed by atoms with Gasteiger partial charge in [-0.1, -0.05) is 13.8 Å². The van der Waals surface area contributed by atoms with Crippen LogP contribution in [0.3, 0.4) is 0 Å². The number of amides is 1. The smallest absolute Gasteiger partial charge is 0.392 e. The number of carbonyl (C=O) groups excluding carboxylic acids is 1. The minimum atomic E-state index is -4.41. The summed E-state index contributed by atoms with van der Waals surface area (Å²) in [6.45, 7) is 3.66. The van der Waals surface area contributed by atoms with Crippen molar-refractivity contribution in [2.75, 3.05) is 0 Å². The summed E-state index contributed by atoms with van der Waals surface area (Å²) in [5.41, 5.74) is -1.02. The largest absolute Gasteiger partial charge is 0.416 e. The predicted molar refractivity (Wildman–Crippen MR) is 67.1 cm³/mol. The van der Waals surface area contributed by atoms with Gasteiger partial charge in [-0.3, -0.25) is 4.79 Å². The van der Waals surface area contributed by atoms with Crippen molar-refractivity contribution in [3.63, 3.8) is 0 Å². The molecule has 3 nitrogen and oxygen atoms in total. The molecule has 0 heterocycles. The minimum Gasteiger partial charge on any atom is -0.392 e. The number of aliphatic hydroxyl groups is 1. The number of nitrogens with one attached hydrogen (secondary N) is 1. The van der Waals surface area contributed by atoms with Gasteiger partial charge < -0.3 is 10.4 Å². The monoisotopic (exact) mass is 287 g/mol. The Labute approximate surface area is 114 Å². The molecule has 2 N–H and O–H groups in total. The topological polar surface area (TPSA) is 49.3 Å². The van der Waals surface area contributed by atoms with Gasteiger partial charge >= 0.3 is 6.18 Å². The Morgan fingerprint density at radius 3 is 2.25 bits per heavy atom. The number of carbonyl (C=O) groups is 1. The molecular formula is C14H16F3NO2. The van der Waals surface area contributed by atoms with Crippen molar-refractivity contribution >= 4 is 5.91 Å². The molecule has 2 atom stereocenters. The van der Waals surface area contributed by atoms with Crippen molar-refractivity contribution in [3.05, 3.63) is 35.4 Å². The molecule has 0 spiro atoms. The first-order chi connectivity index (χ1) is 9.12. The third-order valence-electron chi connectivity index (χ3n) is 4.00. The molecule has 1 aliphatic rings. The van der Waals surface area contributed by atoms with E-state index in [0.717, 1.165) is 24.3 Å². The lowest BCUT2D eigenvalue weighted by Crippen LogP contribution is -2.61. The number of hydrogen-bond donors (Lipinski definition) is 2. The van der Waals surface area contributed by atoms with E-state index in [4.69, 9.17) is 0 Å². The maximum Gasteiger partial charge on any atom is 0.416 e. The highest BCUT2D eigenvalue weighted by Crippen LogP contribution is 2.40. The molecular weight excluding hydrogens is 271 g/mol. The highest BCUT2D eigenvalue weighted by molar-refractivity contribution is 5.94. The van der Waals surface area contributed by atoms with Gasteiger partial charge in [0.2, 0.25) is 0 Å². The van der Waals surface area contributed by atoms with Gasteiger partial charge in [-0.2, -0.15) is 13.2 Å². The summed E-state index contributed by atoms with van der Waals surface area (Å²) in [6.07, 6.45) is -4.42. The van der Waals surface area contributed by atoms with E-state index in [0.29, 0.717) is 6.42 Å². The summed E-state index contributed by atoms with van der Waals surface area (Å²) in [6, 6.07) is 3.90. The SMILES string of the molecule is CC1(C)C(O)CC1NC(=O)c1ccc(C(F)(F)F)cc1. The molecule has 1 aromatic rings. The highest BCUT2D eigenvalue weighted by Gasteiger charge is 2.48. The summed E-state index contributed by atoms with van der Waals surface area (Å²) < 4.78 is 37.2. The van der Waals surface area contributed by atoms with Crippen LogP contribution in [0.5, 0.6) is 0 Å². The van der Waals surface area contributed by atoms with Gasteiger partial charge in [0.1, 0.15) is 0 Å². The van der Waals surface area contributed by atoms with Gasteiger partial charge in [0.05, 0.1) is 11.7 Å². The van der Waals surface area contributed by atoms with Crippen LogP contribution in [0.25, 0.3) is 0 Å². The number of aliphatic hydroxyl groups excluding tert-OH is 1. The van der Waals surface area contributed by atoms with Gasteiger partial charge in [0.15, 0.2) is 0 Å². The molecule has 0 radical (unpaired) electrons. The zero-order valence-corrected chi connectivity index (χ0v) is 11.2. The normalized spacial score (nSPS) is 24.9. The summed E-state index contributed by atoms with van der Waals surface area (Å²) in [5, 5.41) is 12.3. The maximum atomic E-state index is 12.4. The lowest BCUT2D eigenvalue weighted by molar-refractivity contribution is -0.137.